The predicted octanol–water partition coefficient (Wildman–Crippen LogP) is 4.66. The predicted molar refractivity (Wildman–Crippen MR) is 61.9 cm³/mol. The van der Waals surface area contributed by atoms with E-state index in [1.807, 2.05) is 42.5 Å². The van der Waals surface area contributed by atoms with Crippen molar-refractivity contribution in [3.05, 3.63) is 58.6 Å². The lowest BCUT2D eigenvalue weighted by Crippen LogP contribution is -1.79. The van der Waals surface area contributed by atoms with Gasteiger partial charge in [0.05, 0.1) is 10.0 Å². The molecule has 70 valence electrons. The van der Waals surface area contributed by atoms with Gasteiger partial charge in [-0.1, -0.05) is 65.7 Å². The van der Waals surface area contributed by atoms with Crippen LogP contribution < -0.4 is 0 Å². The maximum atomic E-state index is 6.10. The van der Waals surface area contributed by atoms with E-state index in [0.717, 1.165) is 11.1 Å². The zero-order valence-electron chi connectivity index (χ0n) is 7.37. The van der Waals surface area contributed by atoms with E-state index in [1.54, 1.807) is 6.07 Å². The molecule has 0 bridgehead atoms. The summed E-state index contributed by atoms with van der Waals surface area (Å²) in [5.74, 6) is 0. The van der Waals surface area contributed by atoms with Crippen molar-refractivity contribution in [1.29, 1.82) is 0 Å². The van der Waals surface area contributed by atoms with Crippen LogP contribution in [0, 0.1) is 0 Å². The topological polar surface area (TPSA) is 0 Å². The molecule has 0 unspecified atom stereocenters. The first-order valence-electron chi connectivity index (χ1n) is 4.28. The van der Waals surface area contributed by atoms with Gasteiger partial charge in [-0.15, -0.1) is 0 Å². The summed E-state index contributed by atoms with van der Waals surface area (Å²) in [5, 5.41) is 1.20. The molecular formula is C12H8Cl2. The third-order valence-electron chi connectivity index (χ3n) is 2.04. The average Bonchev–Trinajstić information content (AvgIpc) is 2.23. The molecule has 2 aromatic carbocycles. The zero-order valence-corrected chi connectivity index (χ0v) is 8.89. The van der Waals surface area contributed by atoms with Crippen molar-refractivity contribution in [3.63, 3.8) is 0 Å². The number of benzene rings is 2. The average molecular weight is 223 g/mol. The molecule has 0 atom stereocenters. The molecule has 0 saturated heterocycles. The van der Waals surface area contributed by atoms with Crippen LogP contribution in [0.5, 0.6) is 0 Å². The second-order valence-corrected chi connectivity index (χ2v) is 3.75. The van der Waals surface area contributed by atoms with E-state index in [4.69, 9.17) is 23.2 Å². The maximum absolute atomic E-state index is 6.10. The van der Waals surface area contributed by atoms with Gasteiger partial charge in [-0.05, 0) is 11.6 Å². The van der Waals surface area contributed by atoms with Crippen LogP contribution in [0.15, 0.2) is 48.5 Å². The SMILES string of the molecule is Clc1cccc(-c2ccccc2)c1Cl. The molecule has 0 fully saturated rings. The fourth-order valence-corrected chi connectivity index (χ4v) is 1.75. The van der Waals surface area contributed by atoms with Crippen molar-refractivity contribution in [2.75, 3.05) is 0 Å². The molecule has 0 heterocycles. The van der Waals surface area contributed by atoms with Gasteiger partial charge in [0.1, 0.15) is 0 Å². The van der Waals surface area contributed by atoms with Crippen molar-refractivity contribution in [2.45, 2.75) is 0 Å². The van der Waals surface area contributed by atoms with E-state index < -0.39 is 0 Å². The first-order chi connectivity index (χ1) is 6.79. The highest BCUT2D eigenvalue weighted by Gasteiger charge is 2.05. The van der Waals surface area contributed by atoms with Crippen LogP contribution in [-0.4, -0.2) is 0 Å². The molecule has 0 aliphatic rings. The summed E-state index contributed by atoms with van der Waals surface area (Å²) in [6.07, 6.45) is 0. The van der Waals surface area contributed by atoms with Gasteiger partial charge in [0.15, 0.2) is 0 Å². The minimum atomic E-state index is 0.591. The summed E-state index contributed by atoms with van der Waals surface area (Å²) in [5.41, 5.74) is 2.06. The number of hydrogen-bond acceptors (Lipinski definition) is 0. The van der Waals surface area contributed by atoms with Gasteiger partial charge >= 0.3 is 0 Å². The minimum absolute atomic E-state index is 0.591. The summed E-state index contributed by atoms with van der Waals surface area (Å²) >= 11 is 12.0. The minimum Gasteiger partial charge on any atom is -0.0827 e. The highest BCUT2D eigenvalue weighted by molar-refractivity contribution is 6.43. The van der Waals surface area contributed by atoms with Gasteiger partial charge in [-0.3, -0.25) is 0 Å². The Hall–Kier alpha value is -0.980. The van der Waals surface area contributed by atoms with E-state index >= 15 is 0 Å². The fraction of sp³-hybridized carbons (Fsp3) is 0. The molecule has 14 heavy (non-hydrogen) atoms. The Morgan fingerprint density at radius 2 is 1.43 bits per heavy atom. The molecule has 2 heteroatoms. The van der Waals surface area contributed by atoms with Gasteiger partial charge in [-0.25, -0.2) is 0 Å². The first kappa shape index (κ1) is 9.57. The number of rotatable bonds is 1. The molecule has 0 spiro atoms. The molecule has 0 saturated carbocycles. The second kappa shape index (κ2) is 4.04. The van der Waals surface area contributed by atoms with E-state index in [9.17, 15) is 0 Å². The Morgan fingerprint density at radius 3 is 2.14 bits per heavy atom. The molecule has 0 radical (unpaired) electrons. The summed E-state index contributed by atoms with van der Waals surface area (Å²) < 4.78 is 0. The summed E-state index contributed by atoms with van der Waals surface area (Å²) in [6, 6.07) is 15.6. The van der Waals surface area contributed by atoms with Crippen LogP contribution in [0.3, 0.4) is 0 Å². The van der Waals surface area contributed by atoms with E-state index in [-0.39, 0.29) is 0 Å². The normalized spacial score (nSPS) is 10.1. The van der Waals surface area contributed by atoms with Crippen LogP contribution in [0.2, 0.25) is 10.0 Å². The van der Waals surface area contributed by atoms with Crippen LogP contribution in [-0.2, 0) is 0 Å². The van der Waals surface area contributed by atoms with Crippen molar-refractivity contribution >= 4 is 23.2 Å². The molecule has 0 aromatic heterocycles. The summed E-state index contributed by atoms with van der Waals surface area (Å²) in [6.45, 7) is 0. The molecule has 0 aliphatic carbocycles. The van der Waals surface area contributed by atoms with Gasteiger partial charge in [0, 0.05) is 5.56 Å². The van der Waals surface area contributed by atoms with E-state index in [0.29, 0.717) is 10.0 Å². The molecular weight excluding hydrogens is 215 g/mol. The van der Waals surface area contributed by atoms with Crippen molar-refractivity contribution in [1.82, 2.24) is 0 Å². The van der Waals surface area contributed by atoms with Crippen molar-refractivity contribution < 1.29 is 0 Å². The van der Waals surface area contributed by atoms with Crippen molar-refractivity contribution in [3.8, 4) is 11.1 Å². The lowest BCUT2D eigenvalue weighted by atomic mass is 10.1. The van der Waals surface area contributed by atoms with Gasteiger partial charge < -0.3 is 0 Å². The molecule has 0 amide bonds. The standard InChI is InChI=1S/C12H8Cl2/c13-11-8-4-7-10(12(11)14)9-5-2-1-3-6-9/h1-8H. The molecule has 0 aliphatic heterocycles. The van der Waals surface area contributed by atoms with Crippen LogP contribution in [0.1, 0.15) is 0 Å². The van der Waals surface area contributed by atoms with Gasteiger partial charge in [-0.2, -0.15) is 0 Å². The van der Waals surface area contributed by atoms with Crippen LogP contribution >= 0.6 is 23.2 Å². The lowest BCUT2D eigenvalue weighted by molar-refractivity contribution is 1.62. The largest absolute Gasteiger partial charge is 0.0827 e. The fourth-order valence-electron chi connectivity index (χ4n) is 1.34. The second-order valence-electron chi connectivity index (χ2n) is 2.97. The Kier molecular flexibility index (Phi) is 2.76. The zero-order chi connectivity index (χ0) is 9.97. The smallest absolute Gasteiger partial charge is 0.0670 e. The quantitative estimate of drug-likeness (QED) is 0.659. The Morgan fingerprint density at radius 1 is 0.714 bits per heavy atom. The van der Waals surface area contributed by atoms with Gasteiger partial charge in [0.2, 0.25) is 0 Å². The highest BCUT2D eigenvalue weighted by atomic mass is 35.5. The number of halogens is 2. The Balaban J connectivity index is 2.58. The Labute approximate surface area is 93.1 Å². The molecule has 0 nitrogen and oxygen atoms in total. The third kappa shape index (κ3) is 1.77. The Bertz CT molecular complexity index is 435. The number of hydrogen-bond donors (Lipinski definition) is 0. The monoisotopic (exact) mass is 222 g/mol. The van der Waals surface area contributed by atoms with E-state index in [2.05, 4.69) is 0 Å². The molecule has 2 aromatic rings. The maximum Gasteiger partial charge on any atom is 0.0670 e. The highest BCUT2D eigenvalue weighted by Crippen LogP contribution is 2.32. The van der Waals surface area contributed by atoms with Crippen LogP contribution in [0.4, 0.5) is 0 Å². The lowest BCUT2D eigenvalue weighted by Gasteiger charge is -2.04. The van der Waals surface area contributed by atoms with E-state index in [1.165, 1.54) is 0 Å². The summed E-state index contributed by atoms with van der Waals surface area (Å²) in [4.78, 5) is 0. The summed E-state index contributed by atoms with van der Waals surface area (Å²) in [7, 11) is 0. The van der Waals surface area contributed by atoms with Crippen molar-refractivity contribution in [2.24, 2.45) is 0 Å². The molecule has 0 N–H and O–H groups in total. The molecule has 2 rings (SSSR count). The van der Waals surface area contributed by atoms with Crippen LogP contribution in [0.25, 0.3) is 11.1 Å². The first-order valence-corrected chi connectivity index (χ1v) is 5.04. The third-order valence-corrected chi connectivity index (χ3v) is 2.86. The van der Waals surface area contributed by atoms with Gasteiger partial charge in [0.25, 0.3) is 0 Å².